The zero-order valence-electron chi connectivity index (χ0n) is 14.2. The van der Waals surface area contributed by atoms with E-state index in [1.165, 1.54) is 6.08 Å². The van der Waals surface area contributed by atoms with Crippen LogP contribution in [0.2, 0.25) is 0 Å². The van der Waals surface area contributed by atoms with Crippen LogP contribution in [0.1, 0.15) is 41.5 Å². The van der Waals surface area contributed by atoms with E-state index in [2.05, 4.69) is 11.7 Å². The zero-order chi connectivity index (χ0) is 17.9. The molecule has 0 aliphatic heterocycles. The second kappa shape index (κ2) is 7.12. The van der Waals surface area contributed by atoms with Crippen LogP contribution in [0.3, 0.4) is 0 Å². The molecule has 2 aromatic rings. The van der Waals surface area contributed by atoms with Gasteiger partial charge >= 0.3 is 0 Å². The van der Waals surface area contributed by atoms with E-state index in [1.54, 1.807) is 36.2 Å². The van der Waals surface area contributed by atoms with Gasteiger partial charge in [-0.3, -0.25) is 14.3 Å². The number of hydrogen-bond donors (Lipinski definition) is 1. The highest BCUT2D eigenvalue weighted by Gasteiger charge is 2.18. The molecule has 1 heterocycles. The number of nitrogens with zero attached hydrogens (tertiary/aromatic N) is 3. The Morgan fingerprint density at radius 2 is 2.08 bits per heavy atom. The van der Waals surface area contributed by atoms with Crippen molar-refractivity contribution in [2.45, 2.75) is 33.4 Å². The maximum absolute atomic E-state index is 12.3. The van der Waals surface area contributed by atoms with Gasteiger partial charge in [0.25, 0.3) is 5.91 Å². The second-order valence-electron chi connectivity index (χ2n) is 5.85. The Bertz CT molecular complexity index is 777. The molecule has 1 aromatic carbocycles. The fourth-order valence-corrected chi connectivity index (χ4v) is 2.54. The van der Waals surface area contributed by atoms with Crippen LogP contribution in [-0.2, 0) is 11.3 Å². The van der Waals surface area contributed by atoms with Gasteiger partial charge in [0.05, 0.1) is 12.2 Å². The third-order valence-corrected chi connectivity index (χ3v) is 3.80. The summed E-state index contributed by atoms with van der Waals surface area (Å²) in [7, 11) is 0. The minimum absolute atomic E-state index is 0.176. The summed E-state index contributed by atoms with van der Waals surface area (Å²) in [5.74, 6) is -0.779. The lowest BCUT2D eigenvalue weighted by molar-refractivity contribution is -0.114. The lowest BCUT2D eigenvalue weighted by atomic mass is 10.1. The standard InChI is InChI=1S/C18H22N4O2/c1-5-17(23)21(11-15-8-9-20-22(15)12(2)3)14-7-6-13(4)16(10-14)18(19)24/h5-10,12H,1,11H2,2-4H3,(H2,19,24). The molecule has 2 amide bonds. The quantitative estimate of drug-likeness (QED) is 0.828. The first-order chi connectivity index (χ1) is 11.3. The van der Waals surface area contributed by atoms with E-state index < -0.39 is 5.91 Å². The van der Waals surface area contributed by atoms with Gasteiger partial charge in [-0.2, -0.15) is 5.10 Å². The molecule has 0 fully saturated rings. The average molecular weight is 326 g/mol. The normalized spacial score (nSPS) is 10.7. The van der Waals surface area contributed by atoms with Crippen LogP contribution in [0, 0.1) is 6.92 Å². The van der Waals surface area contributed by atoms with Gasteiger partial charge in [0, 0.05) is 23.5 Å². The topological polar surface area (TPSA) is 81.2 Å². The molecule has 0 radical (unpaired) electrons. The van der Waals surface area contributed by atoms with E-state index in [0.717, 1.165) is 11.3 Å². The highest BCUT2D eigenvalue weighted by Crippen LogP contribution is 2.22. The van der Waals surface area contributed by atoms with Crippen LogP contribution in [0.4, 0.5) is 5.69 Å². The molecule has 0 aliphatic rings. The van der Waals surface area contributed by atoms with E-state index in [9.17, 15) is 9.59 Å². The molecule has 1 aromatic heterocycles. The Balaban J connectivity index is 2.45. The predicted octanol–water partition coefficient (Wildman–Crippen LogP) is 2.59. The van der Waals surface area contributed by atoms with Crippen LogP contribution in [-0.4, -0.2) is 21.6 Å². The van der Waals surface area contributed by atoms with Gasteiger partial charge in [-0.05, 0) is 50.6 Å². The second-order valence-corrected chi connectivity index (χ2v) is 5.85. The van der Waals surface area contributed by atoms with Gasteiger partial charge in [0.2, 0.25) is 5.91 Å². The summed E-state index contributed by atoms with van der Waals surface area (Å²) >= 11 is 0. The van der Waals surface area contributed by atoms with Crippen molar-refractivity contribution in [2.24, 2.45) is 5.73 Å². The molecule has 2 N–H and O–H groups in total. The van der Waals surface area contributed by atoms with Crippen molar-refractivity contribution >= 4 is 17.5 Å². The first kappa shape index (κ1) is 17.5. The van der Waals surface area contributed by atoms with Crippen molar-refractivity contribution in [1.29, 1.82) is 0 Å². The van der Waals surface area contributed by atoms with Crippen molar-refractivity contribution in [1.82, 2.24) is 9.78 Å². The van der Waals surface area contributed by atoms with Gasteiger partial charge < -0.3 is 10.6 Å². The molecule has 0 saturated heterocycles. The highest BCUT2D eigenvalue weighted by molar-refractivity contribution is 6.02. The predicted molar refractivity (Wildman–Crippen MR) is 93.7 cm³/mol. The Hall–Kier alpha value is -2.89. The summed E-state index contributed by atoms with van der Waals surface area (Å²) in [6.07, 6.45) is 2.95. The van der Waals surface area contributed by atoms with Crippen molar-refractivity contribution in [2.75, 3.05) is 4.90 Å². The van der Waals surface area contributed by atoms with E-state index in [-0.39, 0.29) is 11.9 Å². The summed E-state index contributed by atoms with van der Waals surface area (Å²) in [4.78, 5) is 25.5. The van der Waals surface area contributed by atoms with Crippen LogP contribution in [0.25, 0.3) is 0 Å². The van der Waals surface area contributed by atoms with Crippen molar-refractivity contribution < 1.29 is 9.59 Å². The van der Waals surface area contributed by atoms with E-state index in [1.807, 2.05) is 24.6 Å². The van der Waals surface area contributed by atoms with E-state index in [4.69, 9.17) is 5.73 Å². The number of anilines is 1. The molecule has 6 heteroatoms. The monoisotopic (exact) mass is 326 g/mol. The van der Waals surface area contributed by atoms with Crippen LogP contribution >= 0.6 is 0 Å². The molecule has 0 atom stereocenters. The number of carbonyl (C=O) groups is 2. The Kier molecular flexibility index (Phi) is 5.18. The molecular formula is C18H22N4O2. The van der Waals surface area contributed by atoms with Gasteiger partial charge in [-0.25, -0.2) is 0 Å². The van der Waals surface area contributed by atoms with Crippen LogP contribution < -0.4 is 10.6 Å². The molecule has 0 bridgehead atoms. The van der Waals surface area contributed by atoms with Gasteiger partial charge in [-0.1, -0.05) is 12.6 Å². The highest BCUT2D eigenvalue weighted by atomic mass is 16.2. The van der Waals surface area contributed by atoms with E-state index >= 15 is 0 Å². The summed E-state index contributed by atoms with van der Waals surface area (Å²) in [6.45, 7) is 9.73. The molecule has 6 nitrogen and oxygen atoms in total. The summed E-state index contributed by atoms with van der Waals surface area (Å²) in [5, 5.41) is 4.29. The van der Waals surface area contributed by atoms with Crippen molar-refractivity contribution in [3.8, 4) is 0 Å². The summed E-state index contributed by atoms with van der Waals surface area (Å²) in [6, 6.07) is 7.24. The number of hydrogen-bond acceptors (Lipinski definition) is 3. The Labute approximate surface area is 141 Å². The van der Waals surface area contributed by atoms with Crippen molar-refractivity contribution in [3.63, 3.8) is 0 Å². The lowest BCUT2D eigenvalue weighted by Crippen LogP contribution is -2.30. The lowest BCUT2D eigenvalue weighted by Gasteiger charge is -2.23. The minimum atomic E-state index is -0.521. The SMILES string of the molecule is C=CC(=O)N(Cc1ccnn1C(C)C)c1ccc(C)c(C(N)=O)c1. The molecule has 0 saturated carbocycles. The van der Waals surface area contributed by atoms with Crippen LogP contribution in [0.15, 0.2) is 43.1 Å². The van der Waals surface area contributed by atoms with Crippen LogP contribution in [0.5, 0.6) is 0 Å². The molecule has 0 aliphatic carbocycles. The number of nitrogens with two attached hydrogens (primary N) is 1. The number of amides is 2. The number of rotatable bonds is 6. The fourth-order valence-electron chi connectivity index (χ4n) is 2.54. The largest absolute Gasteiger partial charge is 0.366 e. The summed E-state index contributed by atoms with van der Waals surface area (Å²) in [5.41, 5.74) is 8.06. The third-order valence-electron chi connectivity index (χ3n) is 3.80. The molecular weight excluding hydrogens is 304 g/mol. The molecule has 0 unspecified atom stereocenters. The smallest absolute Gasteiger partial charge is 0.250 e. The summed E-state index contributed by atoms with van der Waals surface area (Å²) < 4.78 is 1.85. The van der Waals surface area contributed by atoms with Gasteiger partial charge in [0.15, 0.2) is 0 Å². The maximum atomic E-state index is 12.3. The Morgan fingerprint density at radius 3 is 2.67 bits per heavy atom. The van der Waals surface area contributed by atoms with Crippen molar-refractivity contribution in [3.05, 3.63) is 59.9 Å². The van der Waals surface area contributed by atoms with E-state index in [0.29, 0.717) is 17.8 Å². The molecule has 24 heavy (non-hydrogen) atoms. The number of primary amides is 1. The Morgan fingerprint density at radius 1 is 1.38 bits per heavy atom. The first-order valence-electron chi connectivity index (χ1n) is 7.72. The van der Waals surface area contributed by atoms with Gasteiger partial charge in [-0.15, -0.1) is 0 Å². The zero-order valence-corrected chi connectivity index (χ0v) is 14.2. The maximum Gasteiger partial charge on any atom is 0.250 e. The molecule has 126 valence electrons. The average Bonchev–Trinajstić information content (AvgIpc) is 3.01. The number of benzene rings is 1. The fraction of sp³-hybridized carbons (Fsp3) is 0.278. The molecule has 0 spiro atoms. The molecule has 2 rings (SSSR count). The number of carbonyl (C=O) groups excluding carboxylic acids is 2. The number of aryl methyl sites for hydroxylation is 1. The third kappa shape index (κ3) is 3.53. The first-order valence-corrected chi connectivity index (χ1v) is 7.72. The minimum Gasteiger partial charge on any atom is -0.366 e. The number of aromatic nitrogens is 2. The van der Waals surface area contributed by atoms with Gasteiger partial charge in [0.1, 0.15) is 0 Å².